The number of nitrogens with one attached hydrogen (secondary N) is 1. The van der Waals surface area contributed by atoms with Crippen LogP contribution < -0.4 is 4.72 Å². The van der Waals surface area contributed by atoms with E-state index >= 15 is 0 Å². The van der Waals surface area contributed by atoms with Crippen molar-refractivity contribution in [1.29, 1.82) is 0 Å². The van der Waals surface area contributed by atoms with Crippen LogP contribution in [0.5, 0.6) is 0 Å². The minimum atomic E-state index is -3.69. The van der Waals surface area contributed by atoms with E-state index in [1.165, 1.54) is 18.2 Å². The van der Waals surface area contributed by atoms with Gasteiger partial charge in [-0.3, -0.25) is 4.72 Å². The van der Waals surface area contributed by atoms with Crippen molar-refractivity contribution in [3.63, 3.8) is 0 Å². The number of benzene rings is 1. The fourth-order valence-corrected chi connectivity index (χ4v) is 3.94. The van der Waals surface area contributed by atoms with Gasteiger partial charge in [-0.1, -0.05) is 23.2 Å². The largest absolute Gasteiger partial charge is 0.269 e. The molecular formula is C10H8Cl2N2O2S2. The Kier molecular flexibility index (Phi) is 3.82. The van der Waals surface area contributed by atoms with Crippen molar-refractivity contribution in [2.75, 3.05) is 4.72 Å². The predicted molar refractivity (Wildman–Crippen MR) is 74.1 cm³/mol. The Morgan fingerprint density at radius 2 is 1.78 bits per heavy atom. The van der Waals surface area contributed by atoms with Gasteiger partial charge in [0.15, 0.2) is 0 Å². The molecule has 0 amide bonds. The molecule has 0 saturated heterocycles. The van der Waals surface area contributed by atoms with E-state index < -0.39 is 10.0 Å². The molecule has 0 unspecified atom stereocenters. The molecule has 1 aromatic carbocycles. The van der Waals surface area contributed by atoms with Gasteiger partial charge in [0.1, 0.15) is 5.00 Å². The number of halogens is 2. The third-order valence-corrected chi connectivity index (χ3v) is 4.72. The summed E-state index contributed by atoms with van der Waals surface area (Å²) in [5.74, 6) is 0. The maximum Gasteiger partial charge on any atom is 0.262 e. The Morgan fingerprint density at radius 3 is 2.28 bits per heavy atom. The van der Waals surface area contributed by atoms with Crippen molar-refractivity contribution < 1.29 is 8.42 Å². The van der Waals surface area contributed by atoms with Crippen LogP contribution in [0.1, 0.15) is 5.69 Å². The first-order valence-electron chi connectivity index (χ1n) is 4.79. The summed E-state index contributed by atoms with van der Waals surface area (Å²) in [6.45, 7) is 1.78. The zero-order chi connectivity index (χ0) is 13.3. The average molecular weight is 323 g/mol. The molecule has 0 aliphatic rings. The minimum absolute atomic E-state index is 0.0195. The normalized spacial score (nSPS) is 11.5. The third-order valence-electron chi connectivity index (χ3n) is 2.01. The molecule has 8 heteroatoms. The Hall–Kier alpha value is -0.820. The Labute approximate surface area is 119 Å². The lowest BCUT2D eigenvalue weighted by molar-refractivity contribution is 0.601. The molecule has 0 radical (unpaired) electrons. The Morgan fingerprint density at radius 1 is 1.17 bits per heavy atom. The number of hydrogen-bond acceptors (Lipinski definition) is 4. The van der Waals surface area contributed by atoms with Gasteiger partial charge in [0, 0.05) is 10.0 Å². The number of sulfonamides is 1. The second kappa shape index (κ2) is 5.05. The quantitative estimate of drug-likeness (QED) is 0.939. The van der Waals surface area contributed by atoms with E-state index in [1.54, 1.807) is 13.0 Å². The van der Waals surface area contributed by atoms with Crippen LogP contribution in [0.4, 0.5) is 5.00 Å². The molecule has 0 atom stereocenters. The van der Waals surface area contributed by atoms with Crippen LogP contribution in [0.25, 0.3) is 0 Å². The summed E-state index contributed by atoms with van der Waals surface area (Å²) in [5.41, 5.74) is 0.752. The number of anilines is 1. The van der Waals surface area contributed by atoms with Crippen molar-refractivity contribution in [3.05, 3.63) is 40.0 Å². The first-order chi connectivity index (χ1) is 8.37. The lowest BCUT2D eigenvalue weighted by atomic mass is 10.4. The molecule has 0 saturated carbocycles. The molecule has 1 N–H and O–H groups in total. The van der Waals surface area contributed by atoms with E-state index in [4.69, 9.17) is 23.2 Å². The van der Waals surface area contributed by atoms with Crippen LogP contribution in [-0.2, 0) is 10.0 Å². The smallest absolute Gasteiger partial charge is 0.262 e. The van der Waals surface area contributed by atoms with E-state index in [2.05, 4.69) is 9.10 Å². The summed E-state index contributed by atoms with van der Waals surface area (Å²) in [6, 6.07) is 5.79. The van der Waals surface area contributed by atoms with E-state index in [-0.39, 0.29) is 14.9 Å². The molecule has 1 aromatic heterocycles. The average Bonchev–Trinajstić information content (AvgIpc) is 2.61. The zero-order valence-corrected chi connectivity index (χ0v) is 12.3. The topological polar surface area (TPSA) is 59.1 Å². The fourth-order valence-electron chi connectivity index (χ4n) is 1.29. The molecule has 0 aliphatic heterocycles. The van der Waals surface area contributed by atoms with Crippen molar-refractivity contribution >= 4 is 49.8 Å². The lowest BCUT2D eigenvalue weighted by Crippen LogP contribution is -2.12. The van der Waals surface area contributed by atoms with Crippen LogP contribution >= 0.6 is 34.7 Å². The highest BCUT2D eigenvalue weighted by Crippen LogP contribution is 2.25. The van der Waals surface area contributed by atoms with Crippen LogP contribution in [0, 0.1) is 6.92 Å². The van der Waals surface area contributed by atoms with Gasteiger partial charge < -0.3 is 0 Å². The highest BCUT2D eigenvalue weighted by molar-refractivity contribution is 7.93. The number of nitrogens with zero attached hydrogens (tertiary/aromatic N) is 1. The second-order valence-electron chi connectivity index (χ2n) is 3.54. The van der Waals surface area contributed by atoms with Gasteiger partial charge in [-0.15, -0.1) is 0 Å². The summed E-state index contributed by atoms with van der Waals surface area (Å²) >= 11 is 12.6. The maximum atomic E-state index is 12.1. The van der Waals surface area contributed by atoms with Gasteiger partial charge in [0.05, 0.1) is 10.6 Å². The minimum Gasteiger partial charge on any atom is -0.269 e. The Bertz CT molecular complexity index is 663. The predicted octanol–water partition coefficient (Wildman–Crippen LogP) is 3.56. The van der Waals surface area contributed by atoms with Crippen molar-refractivity contribution in [1.82, 2.24) is 4.37 Å². The fraction of sp³-hybridized carbons (Fsp3) is 0.100. The van der Waals surface area contributed by atoms with E-state index in [0.717, 1.165) is 17.2 Å². The lowest BCUT2D eigenvalue weighted by Gasteiger charge is -2.06. The molecule has 2 rings (SSSR count). The number of aryl methyl sites for hydroxylation is 1. The van der Waals surface area contributed by atoms with E-state index in [9.17, 15) is 8.42 Å². The molecular weight excluding hydrogens is 315 g/mol. The number of rotatable bonds is 3. The molecule has 2 aromatic rings. The van der Waals surface area contributed by atoms with Gasteiger partial charge in [0.2, 0.25) is 0 Å². The first-order valence-corrected chi connectivity index (χ1v) is 7.80. The summed E-state index contributed by atoms with van der Waals surface area (Å²) in [4.78, 5) is 0.0195. The molecule has 1 heterocycles. The SMILES string of the molecule is Cc1cc(NS(=O)(=O)c2cc(Cl)cc(Cl)c2)sn1. The van der Waals surface area contributed by atoms with Crippen LogP contribution in [0.3, 0.4) is 0 Å². The molecule has 4 nitrogen and oxygen atoms in total. The summed E-state index contributed by atoms with van der Waals surface area (Å²) in [5, 5.41) is 0.982. The first kappa shape index (κ1) is 13.6. The third kappa shape index (κ3) is 3.14. The van der Waals surface area contributed by atoms with Gasteiger partial charge in [-0.2, -0.15) is 4.37 Å². The number of hydrogen-bond donors (Lipinski definition) is 1. The van der Waals surface area contributed by atoms with E-state index in [0.29, 0.717) is 5.00 Å². The van der Waals surface area contributed by atoms with Gasteiger partial charge in [-0.05, 0) is 42.7 Å². The van der Waals surface area contributed by atoms with Crippen molar-refractivity contribution in [2.24, 2.45) is 0 Å². The standard InChI is InChI=1S/C10H8Cl2N2O2S2/c1-6-2-10(17-13-6)14-18(15,16)9-4-7(11)3-8(12)5-9/h2-5,14H,1H3. The monoisotopic (exact) mass is 322 g/mol. The zero-order valence-electron chi connectivity index (χ0n) is 9.15. The van der Waals surface area contributed by atoms with Crippen molar-refractivity contribution in [2.45, 2.75) is 11.8 Å². The highest BCUT2D eigenvalue weighted by atomic mass is 35.5. The highest BCUT2D eigenvalue weighted by Gasteiger charge is 2.16. The summed E-state index contributed by atoms with van der Waals surface area (Å²) < 4.78 is 30.5. The van der Waals surface area contributed by atoms with Gasteiger partial charge >= 0.3 is 0 Å². The van der Waals surface area contributed by atoms with Crippen LogP contribution in [0.15, 0.2) is 29.2 Å². The van der Waals surface area contributed by atoms with Gasteiger partial charge in [-0.25, -0.2) is 8.42 Å². The Balaban J connectivity index is 2.36. The van der Waals surface area contributed by atoms with Crippen LogP contribution in [0.2, 0.25) is 10.0 Å². The maximum absolute atomic E-state index is 12.1. The van der Waals surface area contributed by atoms with E-state index in [1.807, 2.05) is 0 Å². The molecule has 0 fully saturated rings. The second-order valence-corrected chi connectivity index (χ2v) is 6.90. The summed E-state index contributed by atoms with van der Waals surface area (Å²) in [7, 11) is -3.69. The molecule has 0 spiro atoms. The number of aromatic nitrogens is 1. The molecule has 18 heavy (non-hydrogen) atoms. The van der Waals surface area contributed by atoms with Crippen molar-refractivity contribution in [3.8, 4) is 0 Å². The van der Waals surface area contributed by atoms with Crippen LogP contribution in [-0.4, -0.2) is 12.8 Å². The molecule has 0 bridgehead atoms. The molecule has 0 aliphatic carbocycles. The molecule has 96 valence electrons. The van der Waals surface area contributed by atoms with Gasteiger partial charge in [0.25, 0.3) is 10.0 Å². The summed E-state index contributed by atoms with van der Waals surface area (Å²) in [6.07, 6.45) is 0.